The van der Waals surface area contributed by atoms with Crippen LogP contribution in [0.25, 0.3) is 0 Å². The summed E-state index contributed by atoms with van der Waals surface area (Å²) >= 11 is 0. The van der Waals surface area contributed by atoms with Gasteiger partial charge in [0.2, 0.25) is 5.89 Å². The summed E-state index contributed by atoms with van der Waals surface area (Å²) in [6.07, 6.45) is 6.63. The van der Waals surface area contributed by atoms with E-state index >= 15 is 0 Å². The highest BCUT2D eigenvalue weighted by Gasteiger charge is 2.32. The van der Waals surface area contributed by atoms with Crippen molar-refractivity contribution in [3.8, 4) is 0 Å². The first kappa shape index (κ1) is 20.1. The van der Waals surface area contributed by atoms with Gasteiger partial charge in [-0.15, -0.1) is 0 Å². The smallest absolute Gasteiger partial charge is 0.318 e. The molecule has 2 aliphatic rings. The van der Waals surface area contributed by atoms with Crippen molar-refractivity contribution < 1.29 is 18.8 Å². The third kappa shape index (κ3) is 5.90. The second kappa shape index (κ2) is 10.6. The Balaban J connectivity index is 1.47. The Morgan fingerprint density at radius 1 is 1.30 bits per heavy atom. The monoisotopic (exact) mass is 380 g/mol. The molecule has 0 spiro atoms. The van der Waals surface area contributed by atoms with Crippen LogP contribution in [0.15, 0.2) is 4.52 Å². The lowest BCUT2D eigenvalue weighted by Gasteiger charge is -2.33. The van der Waals surface area contributed by atoms with Crippen LogP contribution in [-0.4, -0.2) is 60.6 Å². The van der Waals surface area contributed by atoms with E-state index in [2.05, 4.69) is 15.5 Å². The standard InChI is InChI=1S/C19H32N4O4/c1-2-9-20-19(24)23-10-4-3-5-16(23)18-21-17(22-27-18)8-13-26-14-15-6-11-25-12-7-15/h15-16H,2-14H2,1H3,(H,20,24). The molecule has 0 saturated carbocycles. The molecule has 2 amide bonds. The van der Waals surface area contributed by atoms with Crippen LogP contribution in [0, 0.1) is 5.92 Å². The Morgan fingerprint density at radius 3 is 2.96 bits per heavy atom. The maximum Gasteiger partial charge on any atom is 0.318 e. The number of nitrogens with zero attached hydrogens (tertiary/aromatic N) is 3. The Morgan fingerprint density at radius 2 is 2.15 bits per heavy atom. The number of carbonyl (C=O) groups is 1. The fourth-order valence-corrected chi connectivity index (χ4v) is 3.60. The van der Waals surface area contributed by atoms with E-state index in [0.29, 0.717) is 37.2 Å². The van der Waals surface area contributed by atoms with E-state index < -0.39 is 0 Å². The topological polar surface area (TPSA) is 89.7 Å². The Hall–Kier alpha value is -1.67. The lowest BCUT2D eigenvalue weighted by molar-refractivity contribution is 0.0211. The van der Waals surface area contributed by atoms with Gasteiger partial charge in [-0.2, -0.15) is 4.98 Å². The highest BCUT2D eigenvalue weighted by molar-refractivity contribution is 5.74. The number of ether oxygens (including phenoxy) is 2. The highest BCUT2D eigenvalue weighted by atomic mass is 16.5. The summed E-state index contributed by atoms with van der Waals surface area (Å²) < 4.78 is 16.6. The molecular weight excluding hydrogens is 348 g/mol. The van der Waals surface area contributed by atoms with Crippen LogP contribution in [0.2, 0.25) is 0 Å². The average molecular weight is 380 g/mol. The molecule has 8 heteroatoms. The summed E-state index contributed by atoms with van der Waals surface area (Å²) in [5.74, 6) is 1.79. The van der Waals surface area contributed by atoms with Crippen LogP contribution >= 0.6 is 0 Å². The average Bonchev–Trinajstić information content (AvgIpc) is 3.19. The molecule has 3 heterocycles. The molecule has 1 aromatic heterocycles. The van der Waals surface area contributed by atoms with E-state index in [1.54, 1.807) is 0 Å². The number of nitrogens with one attached hydrogen (secondary N) is 1. The molecule has 27 heavy (non-hydrogen) atoms. The van der Waals surface area contributed by atoms with Crippen LogP contribution in [0.3, 0.4) is 0 Å². The maximum atomic E-state index is 12.4. The van der Waals surface area contributed by atoms with Gasteiger partial charge in [0.1, 0.15) is 6.04 Å². The second-order valence-electron chi connectivity index (χ2n) is 7.37. The van der Waals surface area contributed by atoms with Gasteiger partial charge in [-0.1, -0.05) is 12.1 Å². The van der Waals surface area contributed by atoms with Crippen molar-refractivity contribution in [2.75, 3.05) is 39.5 Å². The third-order valence-electron chi connectivity index (χ3n) is 5.22. The van der Waals surface area contributed by atoms with E-state index in [-0.39, 0.29) is 12.1 Å². The van der Waals surface area contributed by atoms with Crippen LogP contribution in [-0.2, 0) is 15.9 Å². The number of aromatic nitrogens is 2. The van der Waals surface area contributed by atoms with Crippen molar-refractivity contribution >= 4 is 6.03 Å². The van der Waals surface area contributed by atoms with Gasteiger partial charge in [-0.3, -0.25) is 0 Å². The zero-order valence-electron chi connectivity index (χ0n) is 16.3. The Kier molecular flexibility index (Phi) is 7.89. The van der Waals surface area contributed by atoms with E-state index in [1.165, 1.54) is 0 Å². The van der Waals surface area contributed by atoms with Crippen LogP contribution in [0.1, 0.15) is 63.2 Å². The van der Waals surface area contributed by atoms with Crippen LogP contribution in [0.4, 0.5) is 4.79 Å². The molecule has 0 bridgehead atoms. The minimum absolute atomic E-state index is 0.0407. The van der Waals surface area contributed by atoms with Crippen molar-refractivity contribution in [2.24, 2.45) is 5.92 Å². The molecule has 0 aliphatic carbocycles. The first-order valence-electron chi connectivity index (χ1n) is 10.3. The minimum atomic E-state index is -0.125. The zero-order chi connectivity index (χ0) is 18.9. The normalized spacial score (nSPS) is 21.4. The first-order chi connectivity index (χ1) is 13.3. The summed E-state index contributed by atoms with van der Waals surface area (Å²) in [5, 5.41) is 7.04. The summed E-state index contributed by atoms with van der Waals surface area (Å²) in [6.45, 7) is 6.48. The lowest BCUT2D eigenvalue weighted by Crippen LogP contribution is -2.44. The zero-order valence-corrected chi connectivity index (χ0v) is 16.3. The minimum Gasteiger partial charge on any atom is -0.381 e. The van der Waals surface area contributed by atoms with Crippen molar-refractivity contribution in [3.05, 3.63) is 11.7 Å². The third-order valence-corrected chi connectivity index (χ3v) is 5.22. The number of hydrogen-bond donors (Lipinski definition) is 1. The van der Waals surface area contributed by atoms with E-state index in [1.807, 2.05) is 11.8 Å². The lowest BCUT2D eigenvalue weighted by atomic mass is 10.0. The fourth-order valence-electron chi connectivity index (χ4n) is 3.60. The summed E-state index contributed by atoms with van der Waals surface area (Å²) in [6, 6.07) is -0.166. The van der Waals surface area contributed by atoms with Crippen molar-refractivity contribution in [2.45, 2.75) is 57.9 Å². The quantitative estimate of drug-likeness (QED) is 0.698. The molecular formula is C19H32N4O4. The van der Waals surface area contributed by atoms with Gasteiger partial charge >= 0.3 is 6.03 Å². The fraction of sp³-hybridized carbons (Fsp3) is 0.842. The molecule has 1 N–H and O–H groups in total. The van der Waals surface area contributed by atoms with Gasteiger partial charge in [-0.05, 0) is 44.4 Å². The van der Waals surface area contributed by atoms with Crippen LogP contribution in [0.5, 0.6) is 0 Å². The molecule has 1 unspecified atom stereocenters. The predicted octanol–water partition coefficient (Wildman–Crippen LogP) is 2.70. The summed E-state index contributed by atoms with van der Waals surface area (Å²) in [7, 11) is 0. The molecule has 152 valence electrons. The Bertz CT molecular complexity index is 574. The van der Waals surface area contributed by atoms with Gasteiger partial charge in [0.25, 0.3) is 0 Å². The number of urea groups is 1. The molecule has 0 radical (unpaired) electrons. The first-order valence-corrected chi connectivity index (χ1v) is 10.3. The number of carbonyl (C=O) groups excluding carboxylic acids is 1. The molecule has 8 nitrogen and oxygen atoms in total. The SMILES string of the molecule is CCCNC(=O)N1CCCCC1c1nc(CCOCC2CCOCC2)no1. The molecule has 2 saturated heterocycles. The molecule has 1 aromatic rings. The molecule has 2 aliphatic heterocycles. The van der Waals surface area contributed by atoms with Crippen molar-refractivity contribution in [3.63, 3.8) is 0 Å². The number of hydrogen-bond acceptors (Lipinski definition) is 6. The molecule has 1 atom stereocenters. The second-order valence-corrected chi connectivity index (χ2v) is 7.37. The summed E-state index contributed by atoms with van der Waals surface area (Å²) in [5.41, 5.74) is 0. The Labute approximate surface area is 161 Å². The van der Waals surface area contributed by atoms with Gasteiger partial charge in [0.05, 0.1) is 6.61 Å². The van der Waals surface area contributed by atoms with Gasteiger partial charge in [0, 0.05) is 39.3 Å². The van der Waals surface area contributed by atoms with Gasteiger partial charge < -0.3 is 24.2 Å². The van der Waals surface area contributed by atoms with E-state index in [9.17, 15) is 4.79 Å². The summed E-state index contributed by atoms with van der Waals surface area (Å²) in [4.78, 5) is 18.8. The molecule has 2 fully saturated rings. The number of amides is 2. The largest absolute Gasteiger partial charge is 0.381 e. The maximum absolute atomic E-state index is 12.4. The van der Waals surface area contributed by atoms with E-state index in [4.69, 9.17) is 14.0 Å². The van der Waals surface area contributed by atoms with Gasteiger partial charge in [0.15, 0.2) is 5.82 Å². The predicted molar refractivity (Wildman–Crippen MR) is 99.4 cm³/mol. The number of likely N-dealkylation sites (tertiary alicyclic amines) is 1. The highest BCUT2D eigenvalue weighted by Crippen LogP contribution is 2.29. The van der Waals surface area contributed by atoms with Crippen LogP contribution < -0.4 is 5.32 Å². The number of rotatable bonds is 8. The van der Waals surface area contributed by atoms with Crippen molar-refractivity contribution in [1.29, 1.82) is 0 Å². The van der Waals surface area contributed by atoms with Gasteiger partial charge in [-0.25, -0.2) is 4.79 Å². The van der Waals surface area contributed by atoms with E-state index in [0.717, 1.165) is 64.9 Å². The van der Waals surface area contributed by atoms with Crippen molar-refractivity contribution in [1.82, 2.24) is 20.4 Å². The number of piperidine rings is 1. The molecule has 0 aromatic carbocycles. The molecule has 3 rings (SSSR count).